The summed E-state index contributed by atoms with van der Waals surface area (Å²) in [6.45, 7) is 15.5. The van der Waals surface area contributed by atoms with Crippen LogP contribution in [0.3, 0.4) is 0 Å². The third-order valence-electron chi connectivity index (χ3n) is 5.79. The van der Waals surface area contributed by atoms with Crippen molar-refractivity contribution in [3.63, 3.8) is 0 Å². The molecule has 2 unspecified atom stereocenters. The van der Waals surface area contributed by atoms with Gasteiger partial charge in [0, 0.05) is 45.7 Å². The summed E-state index contributed by atoms with van der Waals surface area (Å²) in [5, 5.41) is 14.9. The highest BCUT2D eigenvalue weighted by Gasteiger charge is 2.21. The summed E-state index contributed by atoms with van der Waals surface area (Å²) in [6, 6.07) is 8.94. The van der Waals surface area contributed by atoms with Crippen molar-refractivity contribution in [2.45, 2.75) is 60.2 Å². The Bertz CT molecular complexity index is 808. The van der Waals surface area contributed by atoms with Crippen molar-refractivity contribution in [1.29, 1.82) is 0 Å². The lowest BCUT2D eigenvalue weighted by atomic mass is 9.91. The van der Waals surface area contributed by atoms with Crippen LogP contribution in [0, 0.1) is 11.8 Å². The van der Waals surface area contributed by atoms with E-state index in [0.29, 0.717) is 6.54 Å². The summed E-state index contributed by atoms with van der Waals surface area (Å²) in [6.07, 6.45) is 4.03. The van der Waals surface area contributed by atoms with Crippen molar-refractivity contribution in [3.8, 4) is 0 Å². The Kier molecular flexibility index (Phi) is 11.4. The highest BCUT2D eigenvalue weighted by molar-refractivity contribution is 14.0. The Balaban J connectivity index is 0.00000363. The summed E-state index contributed by atoms with van der Waals surface area (Å²) in [7, 11) is 0. The quantitative estimate of drug-likeness (QED) is 0.282. The average molecular weight is 554 g/mol. The predicted molar refractivity (Wildman–Crippen MR) is 142 cm³/mol. The molecule has 3 rings (SSSR count). The first kappa shape index (κ1) is 26.6. The summed E-state index contributed by atoms with van der Waals surface area (Å²) in [5.74, 6) is 3.45. The Labute approximate surface area is 210 Å². The van der Waals surface area contributed by atoms with Gasteiger partial charge in [0.05, 0.1) is 6.54 Å². The molecule has 1 aromatic carbocycles. The largest absolute Gasteiger partial charge is 0.357 e. The fourth-order valence-corrected chi connectivity index (χ4v) is 4.48. The van der Waals surface area contributed by atoms with Crippen LogP contribution in [0.15, 0.2) is 35.6 Å². The molecule has 0 radical (unpaired) electrons. The standard InChI is InChI=1S/C24H39N7.HI/c1-5-23-29-28-18-31(23)12-11-26-24(25-6-2)27-14-21-7-9-22(10-8-21)17-30-15-19(3)13-20(4)16-30;/h7-10,18-20H,5-6,11-17H2,1-4H3,(H2,25,26,27);1H. The second-order valence-electron chi connectivity index (χ2n) is 8.87. The minimum absolute atomic E-state index is 0. The van der Waals surface area contributed by atoms with Crippen LogP contribution in [0.2, 0.25) is 0 Å². The van der Waals surface area contributed by atoms with E-state index in [-0.39, 0.29) is 24.0 Å². The number of likely N-dealkylation sites (tertiary alicyclic amines) is 1. The number of piperidine rings is 1. The molecule has 2 atom stereocenters. The van der Waals surface area contributed by atoms with Gasteiger partial charge in [-0.05, 0) is 36.3 Å². The lowest BCUT2D eigenvalue weighted by Gasteiger charge is -2.35. The van der Waals surface area contributed by atoms with E-state index in [4.69, 9.17) is 4.99 Å². The zero-order valence-electron chi connectivity index (χ0n) is 20.0. The van der Waals surface area contributed by atoms with Gasteiger partial charge in [0.25, 0.3) is 0 Å². The third kappa shape index (κ3) is 8.35. The number of hydrogen-bond acceptors (Lipinski definition) is 4. The van der Waals surface area contributed by atoms with Crippen LogP contribution in [0.1, 0.15) is 51.1 Å². The zero-order chi connectivity index (χ0) is 22.1. The van der Waals surface area contributed by atoms with E-state index < -0.39 is 0 Å². The number of rotatable bonds is 9. The maximum atomic E-state index is 4.75. The van der Waals surface area contributed by atoms with E-state index in [2.05, 4.69) is 82.3 Å². The number of nitrogens with one attached hydrogen (secondary N) is 2. The number of guanidine groups is 1. The van der Waals surface area contributed by atoms with Gasteiger partial charge in [-0.2, -0.15) is 0 Å². The van der Waals surface area contributed by atoms with Crippen LogP contribution in [0.4, 0.5) is 0 Å². The first-order chi connectivity index (χ1) is 15.1. The number of aliphatic imine (C=N–C) groups is 1. The molecule has 32 heavy (non-hydrogen) atoms. The minimum Gasteiger partial charge on any atom is -0.357 e. The first-order valence-electron chi connectivity index (χ1n) is 11.8. The molecular formula is C24H40IN7. The Morgan fingerprint density at radius 2 is 1.75 bits per heavy atom. The normalized spacial score (nSPS) is 19.4. The molecule has 1 fully saturated rings. The fraction of sp³-hybridized carbons (Fsp3) is 0.625. The molecule has 7 nitrogen and oxygen atoms in total. The van der Waals surface area contributed by atoms with Gasteiger partial charge in [-0.3, -0.25) is 4.90 Å². The summed E-state index contributed by atoms with van der Waals surface area (Å²) >= 11 is 0. The average Bonchev–Trinajstić information content (AvgIpc) is 3.20. The van der Waals surface area contributed by atoms with Crippen molar-refractivity contribution in [3.05, 3.63) is 47.5 Å². The molecule has 8 heteroatoms. The van der Waals surface area contributed by atoms with Crippen molar-refractivity contribution < 1.29 is 0 Å². The minimum atomic E-state index is 0. The highest BCUT2D eigenvalue weighted by atomic mass is 127. The second kappa shape index (κ2) is 13.8. The number of aromatic nitrogens is 3. The van der Waals surface area contributed by atoms with Crippen molar-refractivity contribution in [2.75, 3.05) is 26.2 Å². The van der Waals surface area contributed by atoms with E-state index in [9.17, 15) is 0 Å². The molecule has 0 bridgehead atoms. The first-order valence-corrected chi connectivity index (χ1v) is 11.8. The van der Waals surface area contributed by atoms with Crippen molar-refractivity contribution in [1.82, 2.24) is 30.3 Å². The van der Waals surface area contributed by atoms with Gasteiger partial charge in [0.1, 0.15) is 12.2 Å². The smallest absolute Gasteiger partial charge is 0.191 e. The number of benzene rings is 1. The lowest BCUT2D eigenvalue weighted by molar-refractivity contribution is 0.134. The topological polar surface area (TPSA) is 70.4 Å². The van der Waals surface area contributed by atoms with Gasteiger partial charge >= 0.3 is 0 Å². The van der Waals surface area contributed by atoms with Crippen LogP contribution < -0.4 is 10.6 Å². The maximum absolute atomic E-state index is 4.75. The van der Waals surface area contributed by atoms with E-state index in [0.717, 1.165) is 56.2 Å². The number of aryl methyl sites for hydroxylation is 1. The summed E-state index contributed by atoms with van der Waals surface area (Å²) in [4.78, 5) is 7.35. The van der Waals surface area contributed by atoms with E-state index in [1.165, 1.54) is 30.6 Å². The Hall–Kier alpha value is -1.68. The second-order valence-corrected chi connectivity index (χ2v) is 8.87. The van der Waals surface area contributed by atoms with E-state index in [1.54, 1.807) is 6.33 Å². The van der Waals surface area contributed by atoms with Gasteiger partial charge in [-0.15, -0.1) is 34.2 Å². The lowest BCUT2D eigenvalue weighted by Crippen LogP contribution is -2.39. The third-order valence-corrected chi connectivity index (χ3v) is 5.79. The molecule has 1 aromatic heterocycles. The van der Waals surface area contributed by atoms with Gasteiger partial charge in [-0.1, -0.05) is 45.0 Å². The highest BCUT2D eigenvalue weighted by Crippen LogP contribution is 2.22. The summed E-state index contributed by atoms with van der Waals surface area (Å²) < 4.78 is 2.08. The molecule has 2 N–H and O–H groups in total. The van der Waals surface area contributed by atoms with Gasteiger partial charge in [0.2, 0.25) is 0 Å². The van der Waals surface area contributed by atoms with Gasteiger partial charge < -0.3 is 15.2 Å². The number of halogens is 1. The number of hydrogen-bond donors (Lipinski definition) is 2. The SMILES string of the molecule is CCNC(=NCc1ccc(CN2CC(C)CC(C)C2)cc1)NCCn1cnnc1CC.I. The van der Waals surface area contributed by atoms with Crippen LogP contribution in [0.5, 0.6) is 0 Å². The fourth-order valence-electron chi connectivity index (χ4n) is 4.48. The van der Waals surface area contributed by atoms with Crippen LogP contribution in [-0.4, -0.2) is 51.8 Å². The zero-order valence-corrected chi connectivity index (χ0v) is 22.4. The van der Waals surface area contributed by atoms with Gasteiger partial charge in [0.15, 0.2) is 5.96 Å². The van der Waals surface area contributed by atoms with Crippen molar-refractivity contribution in [2.24, 2.45) is 16.8 Å². The maximum Gasteiger partial charge on any atom is 0.191 e. The van der Waals surface area contributed by atoms with Crippen LogP contribution >= 0.6 is 24.0 Å². The Morgan fingerprint density at radius 1 is 1.06 bits per heavy atom. The van der Waals surface area contributed by atoms with Crippen LogP contribution in [0.25, 0.3) is 0 Å². The molecule has 2 heterocycles. The molecule has 0 saturated carbocycles. The van der Waals surface area contributed by atoms with E-state index >= 15 is 0 Å². The molecule has 1 aliphatic rings. The molecular weight excluding hydrogens is 513 g/mol. The van der Waals surface area contributed by atoms with Crippen LogP contribution in [-0.2, 0) is 26.1 Å². The molecule has 0 amide bonds. The summed E-state index contributed by atoms with van der Waals surface area (Å²) in [5.41, 5.74) is 2.62. The molecule has 2 aromatic rings. The molecule has 178 valence electrons. The molecule has 0 spiro atoms. The molecule has 0 aliphatic carbocycles. The Morgan fingerprint density at radius 3 is 2.41 bits per heavy atom. The van der Waals surface area contributed by atoms with E-state index in [1.807, 2.05) is 0 Å². The molecule has 1 aliphatic heterocycles. The molecule has 1 saturated heterocycles. The van der Waals surface area contributed by atoms with Crippen molar-refractivity contribution >= 4 is 29.9 Å². The number of nitrogens with zero attached hydrogens (tertiary/aromatic N) is 5. The predicted octanol–water partition coefficient (Wildman–Crippen LogP) is 3.69. The monoisotopic (exact) mass is 553 g/mol. The van der Waals surface area contributed by atoms with Gasteiger partial charge in [-0.25, -0.2) is 4.99 Å².